The van der Waals surface area contributed by atoms with Gasteiger partial charge < -0.3 is 4.74 Å². The maximum atomic E-state index is 11.5. The molecule has 0 spiro atoms. The van der Waals surface area contributed by atoms with E-state index >= 15 is 0 Å². The Labute approximate surface area is 137 Å². The van der Waals surface area contributed by atoms with Crippen LogP contribution in [0.2, 0.25) is 0 Å². The summed E-state index contributed by atoms with van der Waals surface area (Å²) < 4.78 is 4.82. The molecule has 122 valence electrons. The van der Waals surface area contributed by atoms with Crippen LogP contribution in [0.5, 0.6) is 0 Å². The first kappa shape index (κ1) is 17.2. The molecule has 0 unspecified atom stereocenters. The number of benzene rings is 1. The van der Waals surface area contributed by atoms with Gasteiger partial charge in [0.1, 0.15) is 0 Å². The van der Waals surface area contributed by atoms with Crippen molar-refractivity contribution in [3.63, 3.8) is 0 Å². The van der Waals surface area contributed by atoms with Crippen molar-refractivity contribution in [2.24, 2.45) is 10.9 Å². The lowest BCUT2D eigenvalue weighted by Crippen LogP contribution is -2.18. The molecule has 1 saturated heterocycles. The number of esters is 1. The quantitative estimate of drug-likeness (QED) is 0.573. The summed E-state index contributed by atoms with van der Waals surface area (Å²) >= 11 is 0. The second-order valence-corrected chi connectivity index (χ2v) is 5.65. The van der Waals surface area contributed by atoms with Crippen LogP contribution in [0.1, 0.15) is 30.9 Å². The molecule has 0 saturated carbocycles. The number of hydrogen-bond donors (Lipinski definition) is 0. The smallest absolute Gasteiger partial charge is 0.328 e. The molecule has 0 radical (unpaired) electrons. The Hall–Kier alpha value is -2.19. The fourth-order valence-corrected chi connectivity index (χ4v) is 2.59. The minimum Gasteiger partial charge on any atom is -0.465 e. The summed E-state index contributed by atoms with van der Waals surface area (Å²) in [4.78, 5) is 18.1. The van der Waals surface area contributed by atoms with E-state index in [1.807, 2.05) is 6.07 Å². The van der Waals surface area contributed by atoms with Crippen molar-refractivity contribution in [3.8, 4) is 6.07 Å². The predicted octanol–water partition coefficient (Wildman–Crippen LogP) is 2.56. The van der Waals surface area contributed by atoms with Gasteiger partial charge in [-0.1, -0.05) is 24.3 Å². The van der Waals surface area contributed by atoms with E-state index in [0.29, 0.717) is 6.54 Å². The van der Waals surface area contributed by atoms with E-state index in [1.54, 1.807) is 6.92 Å². The molecule has 1 fully saturated rings. The summed E-state index contributed by atoms with van der Waals surface area (Å²) in [5, 5.41) is 8.95. The van der Waals surface area contributed by atoms with Gasteiger partial charge in [-0.2, -0.15) is 5.26 Å². The van der Waals surface area contributed by atoms with E-state index in [9.17, 15) is 4.79 Å². The number of aliphatic imine (C=N–C) groups is 1. The van der Waals surface area contributed by atoms with E-state index in [1.165, 1.54) is 37.7 Å². The highest BCUT2D eigenvalue weighted by Crippen LogP contribution is 2.13. The minimum atomic E-state index is -0.926. The van der Waals surface area contributed by atoms with Crippen LogP contribution in [0.15, 0.2) is 29.3 Å². The van der Waals surface area contributed by atoms with Gasteiger partial charge in [-0.05, 0) is 44.0 Å². The summed E-state index contributed by atoms with van der Waals surface area (Å²) in [5.41, 5.74) is 2.37. The Morgan fingerprint density at radius 2 is 2.00 bits per heavy atom. The molecule has 0 bridgehead atoms. The van der Waals surface area contributed by atoms with Crippen molar-refractivity contribution in [2.75, 3.05) is 19.7 Å². The zero-order valence-corrected chi connectivity index (χ0v) is 13.6. The molecule has 1 aromatic rings. The molecule has 5 nitrogen and oxygen atoms in total. The number of nitriles is 1. The van der Waals surface area contributed by atoms with Gasteiger partial charge in [0, 0.05) is 12.8 Å². The van der Waals surface area contributed by atoms with Gasteiger partial charge in [0.25, 0.3) is 0 Å². The van der Waals surface area contributed by atoms with Crippen LogP contribution in [-0.4, -0.2) is 36.8 Å². The van der Waals surface area contributed by atoms with Gasteiger partial charge in [-0.25, -0.2) is 0 Å². The largest absolute Gasteiger partial charge is 0.465 e. The lowest BCUT2D eigenvalue weighted by Gasteiger charge is -2.14. The van der Waals surface area contributed by atoms with Gasteiger partial charge >= 0.3 is 5.97 Å². The van der Waals surface area contributed by atoms with Crippen molar-refractivity contribution < 1.29 is 9.53 Å². The number of carbonyl (C=O) groups is 1. The molecule has 1 atom stereocenters. The Bertz CT molecular complexity index is 569. The molecule has 0 N–H and O–H groups in total. The van der Waals surface area contributed by atoms with E-state index in [-0.39, 0.29) is 6.61 Å². The molecule has 1 aliphatic heterocycles. The first-order valence-corrected chi connectivity index (χ1v) is 8.09. The van der Waals surface area contributed by atoms with E-state index in [4.69, 9.17) is 10.00 Å². The monoisotopic (exact) mass is 313 g/mol. The molecular formula is C18H23N3O2. The summed E-state index contributed by atoms with van der Waals surface area (Å²) in [6, 6.07) is 10.2. The van der Waals surface area contributed by atoms with Crippen LogP contribution in [0.25, 0.3) is 0 Å². The molecular weight excluding hydrogens is 290 g/mol. The van der Waals surface area contributed by atoms with Crippen LogP contribution in [0, 0.1) is 17.2 Å². The van der Waals surface area contributed by atoms with E-state index < -0.39 is 11.9 Å². The molecule has 5 heteroatoms. The minimum absolute atomic E-state index is 0.267. The number of likely N-dealkylation sites (tertiary alicyclic amines) is 1. The lowest BCUT2D eigenvalue weighted by atomic mass is 10.1. The van der Waals surface area contributed by atoms with Gasteiger partial charge in [0.15, 0.2) is 5.92 Å². The second kappa shape index (κ2) is 9.06. The zero-order chi connectivity index (χ0) is 16.5. The predicted molar refractivity (Wildman–Crippen MR) is 88.9 cm³/mol. The standard InChI is InChI=1S/C18H23N3O2/c1-2-23-18(22)17(11-19)13-20-12-15-5-7-16(8-6-15)14-21-9-3-4-10-21/h5-8,13,17H,2-4,9-10,12,14H2,1H3/t17-/m1/s1. The summed E-state index contributed by atoms with van der Waals surface area (Å²) in [7, 11) is 0. The highest BCUT2D eigenvalue weighted by atomic mass is 16.5. The normalized spacial score (nSPS) is 16.3. The maximum Gasteiger partial charge on any atom is 0.328 e. The van der Waals surface area contributed by atoms with Crippen LogP contribution in [0.4, 0.5) is 0 Å². The molecule has 1 heterocycles. The number of hydrogen-bond acceptors (Lipinski definition) is 5. The Balaban J connectivity index is 1.84. The Kier molecular flexibility index (Phi) is 6.76. The van der Waals surface area contributed by atoms with Crippen molar-refractivity contribution in [1.82, 2.24) is 4.90 Å². The van der Waals surface area contributed by atoms with Crippen LogP contribution in [0.3, 0.4) is 0 Å². The average molecular weight is 313 g/mol. The number of ether oxygens (including phenoxy) is 1. The summed E-state index contributed by atoms with van der Waals surface area (Å²) in [6.45, 7) is 5.83. The van der Waals surface area contributed by atoms with Crippen LogP contribution < -0.4 is 0 Å². The average Bonchev–Trinajstić information content (AvgIpc) is 3.06. The molecule has 1 aliphatic rings. The molecule has 0 aliphatic carbocycles. The number of carbonyl (C=O) groups excluding carboxylic acids is 1. The number of rotatable bonds is 7. The van der Waals surface area contributed by atoms with E-state index in [0.717, 1.165) is 12.1 Å². The van der Waals surface area contributed by atoms with Crippen molar-refractivity contribution in [3.05, 3.63) is 35.4 Å². The molecule has 0 aromatic heterocycles. The third-order valence-electron chi connectivity index (χ3n) is 3.84. The first-order chi connectivity index (χ1) is 11.2. The molecule has 23 heavy (non-hydrogen) atoms. The lowest BCUT2D eigenvalue weighted by molar-refractivity contribution is -0.143. The van der Waals surface area contributed by atoms with Crippen molar-refractivity contribution in [1.29, 1.82) is 5.26 Å². The topological polar surface area (TPSA) is 65.7 Å². The first-order valence-electron chi connectivity index (χ1n) is 8.09. The SMILES string of the molecule is CCOC(=O)[C@H](C#N)C=NCc1ccc(CN2CCCC2)cc1. The molecule has 1 aromatic carbocycles. The van der Waals surface area contributed by atoms with Crippen LogP contribution >= 0.6 is 0 Å². The van der Waals surface area contributed by atoms with Gasteiger partial charge in [-0.3, -0.25) is 14.7 Å². The summed E-state index contributed by atoms with van der Waals surface area (Å²) in [6.07, 6.45) is 3.97. The van der Waals surface area contributed by atoms with Crippen molar-refractivity contribution >= 4 is 12.2 Å². The Morgan fingerprint density at radius 3 is 2.61 bits per heavy atom. The third kappa shape index (κ3) is 5.50. The molecule has 2 rings (SSSR count). The third-order valence-corrected chi connectivity index (χ3v) is 3.84. The molecule has 0 amide bonds. The van der Waals surface area contributed by atoms with E-state index in [2.05, 4.69) is 34.2 Å². The highest BCUT2D eigenvalue weighted by Gasteiger charge is 2.16. The highest BCUT2D eigenvalue weighted by molar-refractivity contribution is 5.92. The van der Waals surface area contributed by atoms with Gasteiger partial charge in [0.2, 0.25) is 0 Å². The van der Waals surface area contributed by atoms with Crippen molar-refractivity contribution in [2.45, 2.75) is 32.9 Å². The van der Waals surface area contributed by atoms with Gasteiger partial charge in [0.05, 0.1) is 19.2 Å². The van der Waals surface area contributed by atoms with Crippen LogP contribution in [-0.2, 0) is 22.6 Å². The van der Waals surface area contributed by atoms with Gasteiger partial charge in [-0.15, -0.1) is 0 Å². The summed E-state index contributed by atoms with van der Waals surface area (Å²) in [5.74, 6) is -1.47. The fourth-order valence-electron chi connectivity index (χ4n) is 2.59. The number of nitrogens with zero attached hydrogens (tertiary/aromatic N) is 3. The Morgan fingerprint density at radius 1 is 1.35 bits per heavy atom. The second-order valence-electron chi connectivity index (χ2n) is 5.65. The maximum absolute atomic E-state index is 11.5. The zero-order valence-electron chi connectivity index (χ0n) is 13.6. The fraction of sp³-hybridized carbons (Fsp3) is 0.500.